The molecular weight excluding hydrogens is 296 g/mol. The summed E-state index contributed by atoms with van der Waals surface area (Å²) >= 11 is 11.1. The highest BCUT2D eigenvalue weighted by molar-refractivity contribution is 9.10. The number of halogens is 2. The van der Waals surface area contributed by atoms with Gasteiger partial charge < -0.3 is 4.90 Å². The molecule has 0 radical (unpaired) electrons. The van der Waals surface area contributed by atoms with Gasteiger partial charge >= 0.3 is 0 Å². The Morgan fingerprint density at radius 3 is 2.60 bits per heavy atom. The first-order valence-corrected chi connectivity index (χ1v) is 6.98. The first-order valence-electron chi connectivity index (χ1n) is 5.00. The highest BCUT2D eigenvalue weighted by atomic mass is 79.9. The second-order valence-electron chi connectivity index (χ2n) is 3.91. The molecule has 2 rings (SSSR count). The summed E-state index contributed by atoms with van der Waals surface area (Å²) in [5.41, 5.74) is 0. The predicted octanol–water partition coefficient (Wildman–Crippen LogP) is 2.91. The number of likely N-dealkylation sites (N-methyl/N-ethyl adjacent to an activating group) is 1. The average Bonchev–Trinajstić information content (AvgIpc) is 2.50. The van der Waals surface area contributed by atoms with E-state index in [1.165, 1.54) is 18.0 Å². The summed E-state index contributed by atoms with van der Waals surface area (Å²) in [6.45, 7) is 5.68. The lowest BCUT2D eigenvalue weighted by Gasteiger charge is -2.31. The van der Waals surface area contributed by atoms with Crippen LogP contribution in [0.15, 0.2) is 10.5 Å². The van der Waals surface area contributed by atoms with Gasteiger partial charge in [-0.2, -0.15) is 0 Å². The molecule has 1 saturated heterocycles. The summed E-state index contributed by atoms with van der Waals surface area (Å²) in [5.74, 6) is 0. The molecule has 0 saturated carbocycles. The molecule has 1 aromatic heterocycles. The summed E-state index contributed by atoms with van der Waals surface area (Å²) in [7, 11) is 2.18. The zero-order valence-electron chi connectivity index (χ0n) is 8.67. The van der Waals surface area contributed by atoms with Crippen LogP contribution < -0.4 is 0 Å². The van der Waals surface area contributed by atoms with Crippen molar-refractivity contribution in [1.29, 1.82) is 0 Å². The summed E-state index contributed by atoms with van der Waals surface area (Å²) in [4.78, 5) is 6.19. The average molecular weight is 310 g/mol. The van der Waals surface area contributed by atoms with E-state index in [1.807, 2.05) is 0 Å². The molecule has 1 aliphatic rings. The molecule has 0 bridgehead atoms. The molecule has 1 aromatic rings. The number of hydrogen-bond donors (Lipinski definition) is 0. The molecular formula is C10H14BrClN2S. The Morgan fingerprint density at radius 2 is 2.07 bits per heavy atom. The monoisotopic (exact) mass is 308 g/mol. The van der Waals surface area contributed by atoms with Gasteiger partial charge in [0.25, 0.3) is 0 Å². The zero-order chi connectivity index (χ0) is 10.8. The molecule has 0 N–H and O–H groups in total. The molecule has 0 aromatic carbocycles. The maximum Gasteiger partial charge on any atom is 0.107 e. The fraction of sp³-hybridized carbons (Fsp3) is 0.600. The quantitative estimate of drug-likeness (QED) is 0.829. The van der Waals surface area contributed by atoms with Gasteiger partial charge in [-0.3, -0.25) is 4.90 Å². The molecule has 1 fully saturated rings. The molecule has 0 aliphatic carbocycles. The van der Waals surface area contributed by atoms with Gasteiger partial charge in [-0.1, -0.05) is 11.6 Å². The fourth-order valence-electron chi connectivity index (χ4n) is 1.70. The van der Waals surface area contributed by atoms with E-state index >= 15 is 0 Å². The molecule has 0 unspecified atom stereocenters. The van der Waals surface area contributed by atoms with Crippen molar-refractivity contribution in [2.75, 3.05) is 33.2 Å². The van der Waals surface area contributed by atoms with Crippen molar-refractivity contribution in [2.45, 2.75) is 6.54 Å². The maximum absolute atomic E-state index is 6.02. The summed E-state index contributed by atoms with van der Waals surface area (Å²) in [6.07, 6.45) is 0. The van der Waals surface area contributed by atoms with Crippen molar-refractivity contribution in [3.05, 3.63) is 19.8 Å². The molecule has 5 heteroatoms. The predicted molar refractivity (Wildman–Crippen MR) is 69.8 cm³/mol. The van der Waals surface area contributed by atoms with Crippen LogP contribution in [0.4, 0.5) is 0 Å². The van der Waals surface area contributed by atoms with Crippen LogP contribution in [0.2, 0.25) is 4.34 Å². The van der Waals surface area contributed by atoms with Gasteiger partial charge in [0, 0.05) is 42.1 Å². The number of piperazine rings is 1. The molecule has 2 heterocycles. The first kappa shape index (κ1) is 11.9. The lowest BCUT2D eigenvalue weighted by molar-refractivity contribution is 0.149. The van der Waals surface area contributed by atoms with Crippen molar-refractivity contribution in [3.8, 4) is 0 Å². The van der Waals surface area contributed by atoms with Gasteiger partial charge in [-0.15, -0.1) is 11.3 Å². The van der Waals surface area contributed by atoms with Crippen molar-refractivity contribution >= 4 is 38.9 Å². The Balaban J connectivity index is 1.91. The topological polar surface area (TPSA) is 6.48 Å². The van der Waals surface area contributed by atoms with Crippen molar-refractivity contribution in [3.63, 3.8) is 0 Å². The van der Waals surface area contributed by atoms with Gasteiger partial charge in [0.2, 0.25) is 0 Å². The molecule has 15 heavy (non-hydrogen) atoms. The minimum Gasteiger partial charge on any atom is -0.304 e. The Labute approximate surface area is 108 Å². The first-order chi connectivity index (χ1) is 7.15. The highest BCUT2D eigenvalue weighted by Crippen LogP contribution is 2.32. The van der Waals surface area contributed by atoms with Crippen LogP contribution in [-0.4, -0.2) is 43.0 Å². The van der Waals surface area contributed by atoms with Gasteiger partial charge in [0.05, 0.1) is 0 Å². The lowest BCUT2D eigenvalue weighted by atomic mass is 10.3. The van der Waals surface area contributed by atoms with Gasteiger partial charge in [-0.25, -0.2) is 0 Å². The van der Waals surface area contributed by atoms with Crippen LogP contribution in [0.5, 0.6) is 0 Å². The number of thiophene rings is 1. The highest BCUT2D eigenvalue weighted by Gasteiger charge is 2.15. The van der Waals surface area contributed by atoms with Crippen molar-refractivity contribution < 1.29 is 0 Å². The fourth-order valence-corrected chi connectivity index (χ4v) is 3.53. The van der Waals surface area contributed by atoms with E-state index in [2.05, 4.69) is 38.8 Å². The number of rotatable bonds is 2. The third kappa shape index (κ3) is 3.17. The summed E-state index contributed by atoms with van der Waals surface area (Å²) < 4.78 is 1.89. The van der Waals surface area contributed by atoms with Crippen LogP contribution in [0.1, 0.15) is 4.88 Å². The molecule has 0 spiro atoms. The second kappa shape index (κ2) is 5.15. The minimum atomic E-state index is 0.860. The van der Waals surface area contributed by atoms with E-state index < -0.39 is 0 Å². The smallest absolute Gasteiger partial charge is 0.107 e. The standard InChI is InChI=1S/C10H14BrClN2S/c1-13-2-4-14(5-3-13)7-8-6-9(11)10(12)15-8/h6H,2-5,7H2,1H3. The zero-order valence-corrected chi connectivity index (χ0v) is 11.8. The molecule has 1 aliphatic heterocycles. The van der Waals surface area contributed by atoms with Crippen LogP contribution in [0, 0.1) is 0 Å². The lowest BCUT2D eigenvalue weighted by Crippen LogP contribution is -2.43. The second-order valence-corrected chi connectivity index (χ2v) is 6.51. The van der Waals surface area contributed by atoms with E-state index in [9.17, 15) is 0 Å². The van der Waals surface area contributed by atoms with E-state index in [0.29, 0.717) is 0 Å². The maximum atomic E-state index is 6.02. The van der Waals surface area contributed by atoms with Gasteiger partial charge in [-0.05, 0) is 29.0 Å². The molecule has 0 atom stereocenters. The summed E-state index contributed by atoms with van der Waals surface area (Å²) in [5, 5.41) is 0. The largest absolute Gasteiger partial charge is 0.304 e. The van der Waals surface area contributed by atoms with Gasteiger partial charge in [0.15, 0.2) is 0 Å². The van der Waals surface area contributed by atoms with Crippen LogP contribution >= 0.6 is 38.9 Å². The third-order valence-electron chi connectivity index (χ3n) is 2.67. The molecule has 84 valence electrons. The normalized spacial score (nSPS) is 19.7. The Morgan fingerprint density at radius 1 is 1.40 bits per heavy atom. The van der Waals surface area contributed by atoms with E-state index in [4.69, 9.17) is 11.6 Å². The Kier molecular flexibility index (Phi) is 4.07. The minimum absolute atomic E-state index is 0.860. The summed E-state index contributed by atoms with van der Waals surface area (Å²) in [6, 6.07) is 2.13. The Bertz CT molecular complexity index is 315. The van der Waals surface area contributed by atoms with E-state index in [0.717, 1.165) is 28.4 Å². The van der Waals surface area contributed by atoms with Crippen LogP contribution in [0.3, 0.4) is 0 Å². The SMILES string of the molecule is CN1CCN(Cc2cc(Br)c(Cl)s2)CC1. The van der Waals surface area contributed by atoms with Crippen LogP contribution in [-0.2, 0) is 6.54 Å². The molecule has 0 amide bonds. The van der Waals surface area contributed by atoms with Crippen molar-refractivity contribution in [2.24, 2.45) is 0 Å². The number of nitrogens with zero attached hydrogens (tertiary/aromatic N) is 2. The van der Waals surface area contributed by atoms with Crippen LogP contribution in [0.25, 0.3) is 0 Å². The van der Waals surface area contributed by atoms with E-state index in [-0.39, 0.29) is 0 Å². The van der Waals surface area contributed by atoms with E-state index in [1.54, 1.807) is 11.3 Å². The Hall–Kier alpha value is 0.390. The number of hydrogen-bond acceptors (Lipinski definition) is 3. The molecule has 2 nitrogen and oxygen atoms in total. The van der Waals surface area contributed by atoms with Crippen molar-refractivity contribution in [1.82, 2.24) is 9.80 Å². The van der Waals surface area contributed by atoms with Gasteiger partial charge in [0.1, 0.15) is 4.34 Å². The third-order valence-corrected chi connectivity index (χ3v) is 5.13.